The number of rotatable bonds is 15. The van der Waals surface area contributed by atoms with E-state index in [1.807, 2.05) is 0 Å². The van der Waals surface area contributed by atoms with Gasteiger partial charge < -0.3 is 21.3 Å². The maximum Gasteiger partial charge on any atom is 0.243 e. The van der Waals surface area contributed by atoms with Crippen LogP contribution >= 0.6 is 0 Å². The van der Waals surface area contributed by atoms with Crippen molar-refractivity contribution in [1.82, 2.24) is 21.3 Å². The van der Waals surface area contributed by atoms with Gasteiger partial charge in [0.05, 0.1) is 0 Å². The van der Waals surface area contributed by atoms with Crippen LogP contribution in [-0.4, -0.2) is 49.8 Å². The van der Waals surface area contributed by atoms with E-state index in [1.165, 1.54) is 12.2 Å². The highest BCUT2D eigenvalue weighted by Crippen LogP contribution is 1.95. The highest BCUT2D eigenvalue weighted by Gasteiger charge is 2.03. The Kier molecular flexibility index (Phi) is 14.3. The third-order valence-electron chi connectivity index (χ3n) is 3.40. The van der Waals surface area contributed by atoms with Gasteiger partial charge in [-0.2, -0.15) is 0 Å². The molecule has 0 fully saturated rings. The molecular formula is C18H30N4O4. The van der Waals surface area contributed by atoms with E-state index in [0.717, 1.165) is 12.8 Å². The molecule has 0 unspecified atom stereocenters. The van der Waals surface area contributed by atoms with Crippen molar-refractivity contribution in [3.8, 4) is 0 Å². The summed E-state index contributed by atoms with van der Waals surface area (Å²) in [7, 11) is 0. The monoisotopic (exact) mass is 366 g/mol. The Morgan fingerprint density at radius 1 is 0.577 bits per heavy atom. The van der Waals surface area contributed by atoms with Gasteiger partial charge in [0.15, 0.2) is 0 Å². The molecule has 4 N–H and O–H groups in total. The van der Waals surface area contributed by atoms with E-state index < -0.39 is 0 Å². The van der Waals surface area contributed by atoms with E-state index in [4.69, 9.17) is 0 Å². The highest BCUT2D eigenvalue weighted by molar-refractivity contribution is 5.87. The van der Waals surface area contributed by atoms with E-state index in [-0.39, 0.29) is 23.6 Å². The summed E-state index contributed by atoms with van der Waals surface area (Å²) < 4.78 is 0. The smallest absolute Gasteiger partial charge is 0.243 e. The molecule has 0 atom stereocenters. The largest absolute Gasteiger partial charge is 0.354 e. The van der Waals surface area contributed by atoms with Gasteiger partial charge in [-0.3, -0.25) is 19.2 Å². The number of amides is 4. The number of carbonyl (C=O) groups excluding carboxylic acids is 4. The van der Waals surface area contributed by atoms with Gasteiger partial charge in [-0.25, -0.2) is 0 Å². The first-order valence-corrected chi connectivity index (χ1v) is 8.83. The van der Waals surface area contributed by atoms with Gasteiger partial charge in [-0.05, 0) is 37.8 Å². The average Bonchev–Trinajstić information content (AvgIpc) is 2.64. The Morgan fingerprint density at radius 3 is 1.31 bits per heavy atom. The van der Waals surface area contributed by atoms with Crippen LogP contribution in [0.1, 0.15) is 38.5 Å². The summed E-state index contributed by atoms with van der Waals surface area (Å²) in [5, 5.41) is 10.7. The molecule has 26 heavy (non-hydrogen) atoms. The second-order valence-corrected chi connectivity index (χ2v) is 5.60. The minimum absolute atomic E-state index is 0.0766. The van der Waals surface area contributed by atoms with Crippen molar-refractivity contribution in [2.45, 2.75) is 38.5 Å². The third kappa shape index (κ3) is 14.9. The first-order valence-electron chi connectivity index (χ1n) is 8.83. The van der Waals surface area contributed by atoms with Crippen molar-refractivity contribution in [2.24, 2.45) is 0 Å². The minimum atomic E-state index is -0.216. The fourth-order valence-corrected chi connectivity index (χ4v) is 1.97. The molecule has 0 radical (unpaired) electrons. The number of carbonyl (C=O) groups is 4. The van der Waals surface area contributed by atoms with Crippen molar-refractivity contribution in [1.29, 1.82) is 0 Å². The molecule has 0 aromatic rings. The standard InChI is InChI=1S/C18H30N4O4/c1-3-15(23)19-11-7-5-9-17(25)21-13-14-22-18(26)10-6-8-12-20-16(24)4-2/h3-4H,1-2,5-14H2,(H,19,23)(H,20,24)(H,21,25)(H,22,26). The van der Waals surface area contributed by atoms with Crippen LogP contribution in [0.2, 0.25) is 0 Å². The van der Waals surface area contributed by atoms with Crippen LogP contribution in [0.3, 0.4) is 0 Å². The number of nitrogens with one attached hydrogen (secondary N) is 4. The molecule has 146 valence electrons. The number of hydrogen-bond acceptors (Lipinski definition) is 4. The molecule has 0 saturated carbocycles. The first kappa shape index (κ1) is 23.4. The van der Waals surface area contributed by atoms with Crippen molar-refractivity contribution in [2.75, 3.05) is 26.2 Å². The predicted octanol–water partition coefficient (Wildman–Crippen LogP) is 0.164. The van der Waals surface area contributed by atoms with Crippen LogP contribution in [0, 0.1) is 0 Å². The van der Waals surface area contributed by atoms with Crippen LogP contribution in [0.25, 0.3) is 0 Å². The Morgan fingerprint density at radius 2 is 0.962 bits per heavy atom. The highest BCUT2D eigenvalue weighted by atomic mass is 16.2. The summed E-state index contributed by atoms with van der Waals surface area (Å²) >= 11 is 0. The maximum absolute atomic E-state index is 11.6. The zero-order chi connectivity index (χ0) is 19.6. The van der Waals surface area contributed by atoms with Gasteiger partial charge in [-0.1, -0.05) is 13.2 Å². The second-order valence-electron chi connectivity index (χ2n) is 5.60. The first-order chi connectivity index (χ1) is 12.5. The molecule has 0 saturated heterocycles. The predicted molar refractivity (Wildman–Crippen MR) is 100 cm³/mol. The van der Waals surface area contributed by atoms with Crippen molar-refractivity contribution >= 4 is 23.6 Å². The van der Waals surface area contributed by atoms with Crippen molar-refractivity contribution in [3.63, 3.8) is 0 Å². The van der Waals surface area contributed by atoms with E-state index in [9.17, 15) is 19.2 Å². The van der Waals surface area contributed by atoms with Crippen LogP contribution in [0.15, 0.2) is 25.3 Å². The lowest BCUT2D eigenvalue weighted by atomic mass is 10.2. The maximum atomic E-state index is 11.6. The average molecular weight is 366 g/mol. The molecule has 0 aromatic heterocycles. The van der Waals surface area contributed by atoms with E-state index in [0.29, 0.717) is 51.9 Å². The summed E-state index contributed by atoms with van der Waals surface area (Å²) in [4.78, 5) is 45.0. The molecule has 8 heteroatoms. The summed E-state index contributed by atoms with van der Waals surface area (Å²) in [5.74, 6) is -0.585. The Labute approximate surface area is 154 Å². The van der Waals surface area contributed by atoms with Gasteiger partial charge in [0, 0.05) is 39.0 Å². The minimum Gasteiger partial charge on any atom is -0.354 e. The van der Waals surface area contributed by atoms with E-state index in [1.54, 1.807) is 0 Å². The number of unbranched alkanes of at least 4 members (excludes halogenated alkanes) is 2. The zero-order valence-corrected chi connectivity index (χ0v) is 15.3. The topological polar surface area (TPSA) is 116 Å². The lowest BCUT2D eigenvalue weighted by Crippen LogP contribution is -2.34. The molecule has 0 bridgehead atoms. The van der Waals surface area contributed by atoms with Crippen LogP contribution in [-0.2, 0) is 19.2 Å². The van der Waals surface area contributed by atoms with Crippen LogP contribution in [0.5, 0.6) is 0 Å². The van der Waals surface area contributed by atoms with Crippen molar-refractivity contribution < 1.29 is 19.2 Å². The van der Waals surface area contributed by atoms with Gasteiger partial charge in [-0.15, -0.1) is 0 Å². The fourth-order valence-electron chi connectivity index (χ4n) is 1.97. The third-order valence-corrected chi connectivity index (χ3v) is 3.40. The summed E-state index contributed by atoms with van der Waals surface area (Å²) in [6.45, 7) is 8.51. The fraction of sp³-hybridized carbons (Fsp3) is 0.556. The zero-order valence-electron chi connectivity index (χ0n) is 15.3. The molecular weight excluding hydrogens is 336 g/mol. The number of hydrogen-bond donors (Lipinski definition) is 4. The van der Waals surface area contributed by atoms with Gasteiger partial charge >= 0.3 is 0 Å². The molecule has 0 aromatic carbocycles. The molecule has 0 aliphatic heterocycles. The lowest BCUT2D eigenvalue weighted by molar-refractivity contribution is -0.123. The molecule has 4 amide bonds. The summed E-state index contributed by atoms with van der Waals surface area (Å²) in [5.41, 5.74) is 0. The Hall–Kier alpha value is -2.64. The van der Waals surface area contributed by atoms with Crippen LogP contribution < -0.4 is 21.3 Å². The van der Waals surface area contributed by atoms with Crippen LogP contribution in [0.4, 0.5) is 0 Å². The molecule has 0 rings (SSSR count). The van der Waals surface area contributed by atoms with E-state index >= 15 is 0 Å². The SMILES string of the molecule is C=CC(=O)NCCCCC(=O)NCCNC(=O)CCCCNC(=O)C=C. The molecule has 0 aliphatic rings. The van der Waals surface area contributed by atoms with E-state index in [2.05, 4.69) is 34.4 Å². The van der Waals surface area contributed by atoms with Gasteiger partial charge in [0.2, 0.25) is 23.6 Å². The van der Waals surface area contributed by atoms with Gasteiger partial charge in [0.1, 0.15) is 0 Å². The van der Waals surface area contributed by atoms with Crippen molar-refractivity contribution in [3.05, 3.63) is 25.3 Å². The Balaban J connectivity index is 3.46. The second kappa shape index (κ2) is 15.9. The lowest BCUT2D eigenvalue weighted by Gasteiger charge is -2.07. The summed E-state index contributed by atoms with van der Waals surface area (Å²) in [6.07, 6.45) is 5.98. The van der Waals surface area contributed by atoms with Gasteiger partial charge in [0.25, 0.3) is 0 Å². The summed E-state index contributed by atoms with van der Waals surface area (Å²) in [6, 6.07) is 0. The molecule has 0 heterocycles. The molecule has 8 nitrogen and oxygen atoms in total. The Bertz CT molecular complexity index is 448. The molecule has 0 aliphatic carbocycles. The molecule has 0 spiro atoms. The quantitative estimate of drug-likeness (QED) is 0.244. The normalized spacial score (nSPS) is 9.69.